The Morgan fingerprint density at radius 1 is 0.531 bits per heavy atom. The van der Waals surface area contributed by atoms with Gasteiger partial charge in [-0.1, -0.05) is 70.4 Å². The van der Waals surface area contributed by atoms with Crippen LogP contribution in [0.3, 0.4) is 0 Å². The minimum absolute atomic E-state index is 0.155. The van der Waals surface area contributed by atoms with E-state index in [1.807, 2.05) is 0 Å². The van der Waals surface area contributed by atoms with E-state index < -0.39 is 156 Å². The van der Waals surface area contributed by atoms with Crippen LogP contribution in [-0.4, -0.2) is 242 Å². The number of hydrogen-bond donors (Lipinski definition) is 16. The number of aliphatic hydroxyl groups excluding tert-OH is 16. The van der Waals surface area contributed by atoms with Crippen LogP contribution in [0.25, 0.3) is 0 Å². The Morgan fingerprint density at radius 3 is 1.28 bits per heavy atom. The lowest BCUT2D eigenvalue weighted by molar-refractivity contribution is -0.327. The summed E-state index contributed by atoms with van der Waals surface area (Å²) in [6, 6.07) is 0. The molecule has 0 aromatic carbocycles. The van der Waals surface area contributed by atoms with Crippen LogP contribution in [0.15, 0.2) is 12.2 Å². The molecule has 0 unspecified atom stereocenters. The molecule has 1 amide bonds. The average molecular weight is 934 g/mol. The van der Waals surface area contributed by atoms with Crippen LogP contribution in [-0.2, 0) is 23.7 Å². The zero-order valence-electron chi connectivity index (χ0n) is 36.8. The van der Waals surface area contributed by atoms with Crippen molar-refractivity contribution in [3.63, 3.8) is 0 Å². The molecule has 0 radical (unpaired) electrons. The number of unbranched alkanes of at least 4 members (excludes halogenated alkanes) is 11. The number of allylic oxidation sites excluding steroid dienone is 2. The van der Waals surface area contributed by atoms with Crippen molar-refractivity contribution >= 4 is 5.91 Å². The number of carbonyl (C=O) groups is 1. The van der Waals surface area contributed by atoms with E-state index in [-0.39, 0.29) is 6.42 Å². The standard InChI is InChI=1S/C42H79NO21/c1-2-3-4-5-6-7-8-9-10-11-12-13-14-15-16-17-30(52)43(18-24(48)31(53)39(26(50)20-44)63-41-37(59)35(57)33(55)28(22-46)61-41)19-25(49)32(54)40(27(51)21-45)64-42-38(60)36(58)34(56)29(23-47)62-42/h9-10,24-29,31-42,44-51,53-60H,2-8,11-23H2,1H3/b10-9-/t24-,25-,26+,27+,28+,29+,31+,32+,33-,34-,35-,36-,37+,38+,39+,40+,41-,42-/m0/s1. The van der Waals surface area contributed by atoms with Crippen LogP contribution in [0.1, 0.15) is 96.8 Å². The number of carbonyl (C=O) groups excluding carboxylic acids is 1. The van der Waals surface area contributed by atoms with Gasteiger partial charge in [-0.25, -0.2) is 0 Å². The van der Waals surface area contributed by atoms with Crippen molar-refractivity contribution in [3.8, 4) is 0 Å². The summed E-state index contributed by atoms with van der Waals surface area (Å²) in [5, 5.41) is 166. The maximum absolute atomic E-state index is 13.7. The third-order valence-electron chi connectivity index (χ3n) is 11.7. The highest BCUT2D eigenvalue weighted by Crippen LogP contribution is 2.27. The van der Waals surface area contributed by atoms with Crippen LogP contribution in [0.2, 0.25) is 0 Å². The summed E-state index contributed by atoms with van der Waals surface area (Å²) in [7, 11) is 0. The molecule has 378 valence electrons. The third-order valence-corrected chi connectivity index (χ3v) is 11.7. The fourth-order valence-electron chi connectivity index (χ4n) is 7.56. The first kappa shape index (κ1) is 58.5. The zero-order valence-corrected chi connectivity index (χ0v) is 36.8. The van der Waals surface area contributed by atoms with Crippen LogP contribution in [0.5, 0.6) is 0 Å². The van der Waals surface area contributed by atoms with Gasteiger partial charge in [-0.15, -0.1) is 0 Å². The van der Waals surface area contributed by atoms with Crippen molar-refractivity contribution in [1.29, 1.82) is 0 Å². The first-order valence-corrected chi connectivity index (χ1v) is 22.6. The van der Waals surface area contributed by atoms with E-state index in [0.29, 0.717) is 12.8 Å². The number of nitrogens with zero attached hydrogens (tertiary/aromatic N) is 1. The fraction of sp³-hybridized carbons (Fsp3) is 0.929. The number of amides is 1. The summed E-state index contributed by atoms with van der Waals surface area (Å²) >= 11 is 0. The van der Waals surface area contributed by atoms with Crippen molar-refractivity contribution in [2.45, 2.75) is 207 Å². The van der Waals surface area contributed by atoms with Crippen molar-refractivity contribution in [2.24, 2.45) is 0 Å². The smallest absolute Gasteiger partial charge is 0.222 e. The lowest BCUT2D eigenvalue weighted by atomic mass is 9.97. The third kappa shape index (κ3) is 18.5. The van der Waals surface area contributed by atoms with Crippen LogP contribution >= 0.6 is 0 Å². The number of ether oxygens (including phenoxy) is 4. The van der Waals surface area contributed by atoms with Gasteiger partial charge < -0.3 is 106 Å². The highest BCUT2D eigenvalue weighted by Gasteiger charge is 2.49. The van der Waals surface area contributed by atoms with Gasteiger partial charge in [-0.05, 0) is 32.1 Å². The molecule has 2 heterocycles. The lowest BCUT2D eigenvalue weighted by Crippen LogP contribution is -2.62. The maximum Gasteiger partial charge on any atom is 0.222 e. The predicted octanol–water partition coefficient (Wildman–Crippen LogP) is -4.63. The largest absolute Gasteiger partial charge is 0.394 e. The van der Waals surface area contributed by atoms with Crippen molar-refractivity contribution in [1.82, 2.24) is 4.90 Å². The van der Waals surface area contributed by atoms with Crippen LogP contribution in [0.4, 0.5) is 0 Å². The number of aliphatic hydroxyl groups is 16. The second-order valence-corrected chi connectivity index (χ2v) is 16.8. The molecule has 2 saturated heterocycles. The van der Waals surface area contributed by atoms with E-state index in [2.05, 4.69) is 19.1 Å². The predicted molar refractivity (Wildman–Crippen MR) is 224 cm³/mol. The first-order valence-electron chi connectivity index (χ1n) is 22.6. The Morgan fingerprint density at radius 2 is 0.906 bits per heavy atom. The van der Waals surface area contributed by atoms with E-state index >= 15 is 0 Å². The minimum Gasteiger partial charge on any atom is -0.394 e. The van der Waals surface area contributed by atoms with Gasteiger partial charge in [0.1, 0.15) is 97.7 Å². The molecule has 22 heteroatoms. The highest BCUT2D eigenvalue weighted by atomic mass is 16.7. The van der Waals surface area contributed by atoms with Gasteiger partial charge in [0.25, 0.3) is 0 Å². The van der Waals surface area contributed by atoms with Crippen molar-refractivity contribution in [3.05, 3.63) is 12.2 Å². The molecule has 0 aliphatic carbocycles. The van der Waals surface area contributed by atoms with Gasteiger partial charge >= 0.3 is 0 Å². The van der Waals surface area contributed by atoms with Gasteiger partial charge in [-0.2, -0.15) is 0 Å². The zero-order chi connectivity index (χ0) is 47.9. The Bertz CT molecular complexity index is 1190. The van der Waals surface area contributed by atoms with Crippen molar-refractivity contribution in [2.75, 3.05) is 39.5 Å². The molecule has 0 aromatic rings. The normalized spacial score (nSPS) is 30.4. The summed E-state index contributed by atoms with van der Waals surface area (Å²) < 4.78 is 21.5. The molecule has 2 aliphatic heterocycles. The van der Waals surface area contributed by atoms with E-state index in [1.165, 1.54) is 38.5 Å². The molecule has 0 aromatic heterocycles. The van der Waals surface area contributed by atoms with E-state index in [4.69, 9.17) is 18.9 Å². The SMILES string of the molecule is CCCCCCCC/C=C\CCCCCCCC(=O)N(C[C@H](O)[C@@H](O)[C@H](O[C@@H]1O[C@H](CO)[C@H](O)[C@H](O)[C@H]1O)[C@H](O)CO)C[C@H](O)[C@@H](O)[C@H](O[C@@H]1O[C@H](CO)[C@H](O)[C@H](O)[C@H]1O)[C@H](O)CO. The second-order valence-electron chi connectivity index (χ2n) is 16.8. The molecule has 16 N–H and O–H groups in total. The van der Waals surface area contributed by atoms with Gasteiger partial charge in [0, 0.05) is 19.5 Å². The number of rotatable bonds is 33. The van der Waals surface area contributed by atoms with Gasteiger partial charge in [-0.3, -0.25) is 4.79 Å². The summed E-state index contributed by atoms with van der Waals surface area (Å²) in [4.78, 5) is 14.6. The van der Waals surface area contributed by atoms with Crippen LogP contribution < -0.4 is 0 Å². The highest BCUT2D eigenvalue weighted by molar-refractivity contribution is 5.76. The topological polar surface area (TPSA) is 381 Å². The van der Waals surface area contributed by atoms with Gasteiger partial charge in [0.05, 0.1) is 26.4 Å². The molecule has 2 fully saturated rings. The molecule has 18 atom stereocenters. The quantitative estimate of drug-likeness (QED) is 0.0217. The van der Waals surface area contributed by atoms with Gasteiger partial charge in [0.15, 0.2) is 12.6 Å². The maximum atomic E-state index is 13.7. The Kier molecular flexibility index (Phi) is 28.8. The monoisotopic (exact) mass is 934 g/mol. The van der Waals surface area contributed by atoms with E-state index in [9.17, 15) is 86.5 Å². The summed E-state index contributed by atoms with van der Waals surface area (Å²) in [5.74, 6) is -0.710. The van der Waals surface area contributed by atoms with Crippen molar-refractivity contribution < 1.29 is 105 Å². The molecular weight excluding hydrogens is 854 g/mol. The molecule has 0 bridgehead atoms. The molecule has 64 heavy (non-hydrogen) atoms. The summed E-state index contributed by atoms with van der Waals surface area (Å²) in [6.45, 7) is -3.38. The Balaban J connectivity index is 2.20. The van der Waals surface area contributed by atoms with Crippen LogP contribution in [0, 0.1) is 0 Å². The summed E-state index contributed by atoms with van der Waals surface area (Å²) in [6.07, 6.45) is -17.7. The minimum atomic E-state index is -2.22. The average Bonchev–Trinajstić information content (AvgIpc) is 3.29. The molecular formula is C42H79NO21. The molecule has 2 rings (SSSR count). The molecule has 0 spiro atoms. The lowest BCUT2D eigenvalue weighted by Gasteiger charge is -2.43. The molecule has 0 saturated carbocycles. The van der Waals surface area contributed by atoms with E-state index in [0.717, 1.165) is 37.0 Å². The van der Waals surface area contributed by atoms with Gasteiger partial charge in [0.2, 0.25) is 5.91 Å². The Labute approximate surface area is 374 Å². The summed E-state index contributed by atoms with van der Waals surface area (Å²) in [5.41, 5.74) is 0. The fourth-order valence-corrected chi connectivity index (χ4v) is 7.56. The Hall–Kier alpha value is -1.59. The van der Waals surface area contributed by atoms with E-state index in [1.54, 1.807) is 0 Å². The first-order chi connectivity index (χ1) is 30.5. The number of hydrogen-bond acceptors (Lipinski definition) is 21. The molecule has 2 aliphatic rings. The second kappa shape index (κ2) is 31.5. The molecule has 22 nitrogen and oxygen atoms in total.